The van der Waals surface area contributed by atoms with Crippen LogP contribution >= 0.6 is 11.6 Å². The lowest BCUT2D eigenvalue weighted by Gasteiger charge is -2.36. The highest BCUT2D eigenvalue weighted by Gasteiger charge is 2.33. The summed E-state index contributed by atoms with van der Waals surface area (Å²) in [5.41, 5.74) is 0.539. The van der Waals surface area contributed by atoms with E-state index in [0.29, 0.717) is 22.9 Å². The van der Waals surface area contributed by atoms with Crippen LogP contribution in [0.5, 0.6) is 5.75 Å². The van der Waals surface area contributed by atoms with Gasteiger partial charge in [-0.1, -0.05) is 18.5 Å². The molecule has 0 fully saturated rings. The summed E-state index contributed by atoms with van der Waals surface area (Å²) >= 11 is 5.93. The van der Waals surface area contributed by atoms with Crippen LogP contribution in [0.2, 0.25) is 5.02 Å². The predicted molar refractivity (Wildman–Crippen MR) is 70.8 cm³/mol. The summed E-state index contributed by atoms with van der Waals surface area (Å²) in [6.45, 7) is 1.91. The van der Waals surface area contributed by atoms with Gasteiger partial charge < -0.3 is 14.7 Å². The third-order valence-electron chi connectivity index (χ3n) is 2.96. The molecule has 0 aromatic heterocycles. The first-order chi connectivity index (χ1) is 9.02. The van der Waals surface area contributed by atoms with Crippen molar-refractivity contribution in [1.82, 2.24) is 0 Å². The number of carboxylic acids is 1. The Morgan fingerprint density at radius 1 is 1.53 bits per heavy atom. The number of aliphatic carboxylic acids is 1. The zero-order valence-electron chi connectivity index (χ0n) is 10.4. The molecule has 0 spiro atoms. The summed E-state index contributed by atoms with van der Waals surface area (Å²) in [4.78, 5) is 24.4. The summed E-state index contributed by atoms with van der Waals surface area (Å²) in [7, 11) is 0. The molecule has 0 aliphatic carbocycles. The Morgan fingerprint density at radius 3 is 2.89 bits per heavy atom. The Balaban J connectivity index is 2.41. The number of amides is 1. The van der Waals surface area contributed by atoms with Crippen molar-refractivity contribution < 1.29 is 19.4 Å². The SMILES string of the molecule is CCC(=O)N1c2cc(Cl)ccc2OC[C@@H]1CC(=O)O. The van der Waals surface area contributed by atoms with Gasteiger partial charge in [-0.25, -0.2) is 0 Å². The zero-order chi connectivity index (χ0) is 14.0. The van der Waals surface area contributed by atoms with Crippen LogP contribution in [-0.2, 0) is 9.59 Å². The van der Waals surface area contributed by atoms with E-state index < -0.39 is 12.0 Å². The molecule has 1 aliphatic rings. The van der Waals surface area contributed by atoms with E-state index in [0.717, 1.165) is 0 Å². The highest BCUT2D eigenvalue weighted by Crippen LogP contribution is 2.37. The molecule has 0 saturated heterocycles. The second kappa shape index (κ2) is 5.48. The minimum atomic E-state index is -0.965. The van der Waals surface area contributed by atoms with Gasteiger partial charge in [-0.05, 0) is 18.2 Å². The second-order valence-electron chi connectivity index (χ2n) is 4.29. The van der Waals surface area contributed by atoms with Crippen LogP contribution < -0.4 is 9.64 Å². The molecule has 0 saturated carbocycles. The molecule has 6 heteroatoms. The molecular formula is C13H14ClNO4. The molecule has 19 heavy (non-hydrogen) atoms. The van der Waals surface area contributed by atoms with Gasteiger partial charge in [0, 0.05) is 11.4 Å². The molecule has 0 bridgehead atoms. The van der Waals surface area contributed by atoms with Gasteiger partial charge >= 0.3 is 5.97 Å². The number of rotatable bonds is 3. The van der Waals surface area contributed by atoms with Crippen molar-refractivity contribution >= 4 is 29.2 Å². The zero-order valence-corrected chi connectivity index (χ0v) is 11.2. The normalized spacial score (nSPS) is 17.6. The molecule has 102 valence electrons. The van der Waals surface area contributed by atoms with Crippen molar-refractivity contribution in [2.75, 3.05) is 11.5 Å². The van der Waals surface area contributed by atoms with Gasteiger partial charge in [-0.2, -0.15) is 0 Å². The lowest BCUT2D eigenvalue weighted by atomic mass is 10.1. The Hall–Kier alpha value is -1.75. The lowest BCUT2D eigenvalue weighted by molar-refractivity contribution is -0.137. The first-order valence-electron chi connectivity index (χ1n) is 5.99. The lowest BCUT2D eigenvalue weighted by Crippen LogP contribution is -2.47. The van der Waals surface area contributed by atoms with E-state index in [9.17, 15) is 9.59 Å². The summed E-state index contributed by atoms with van der Waals surface area (Å²) < 4.78 is 5.50. The van der Waals surface area contributed by atoms with E-state index in [1.54, 1.807) is 25.1 Å². The molecule has 0 unspecified atom stereocenters. The second-order valence-corrected chi connectivity index (χ2v) is 4.73. The number of carboxylic acid groups (broad SMARTS) is 1. The van der Waals surface area contributed by atoms with E-state index in [2.05, 4.69) is 0 Å². The van der Waals surface area contributed by atoms with Crippen LogP contribution in [0.4, 0.5) is 5.69 Å². The van der Waals surface area contributed by atoms with E-state index in [-0.39, 0.29) is 18.9 Å². The molecule has 1 aliphatic heterocycles. The van der Waals surface area contributed by atoms with E-state index >= 15 is 0 Å². The maximum absolute atomic E-state index is 12.1. The van der Waals surface area contributed by atoms with Crippen molar-refractivity contribution in [1.29, 1.82) is 0 Å². The molecule has 1 aromatic rings. The van der Waals surface area contributed by atoms with Gasteiger partial charge in [0.1, 0.15) is 12.4 Å². The number of hydrogen-bond donors (Lipinski definition) is 1. The van der Waals surface area contributed by atoms with Gasteiger partial charge in [-0.15, -0.1) is 0 Å². The van der Waals surface area contributed by atoms with Crippen LogP contribution in [0.3, 0.4) is 0 Å². The Morgan fingerprint density at radius 2 is 2.26 bits per heavy atom. The molecule has 1 N–H and O–H groups in total. The van der Waals surface area contributed by atoms with Gasteiger partial charge in [0.15, 0.2) is 0 Å². The Kier molecular flexibility index (Phi) is 3.95. The minimum absolute atomic E-state index is 0.141. The summed E-state index contributed by atoms with van der Waals surface area (Å²) in [5.74, 6) is -0.557. The third kappa shape index (κ3) is 2.81. The quantitative estimate of drug-likeness (QED) is 0.924. The fourth-order valence-corrected chi connectivity index (χ4v) is 2.28. The number of ether oxygens (including phenoxy) is 1. The van der Waals surface area contributed by atoms with Crippen LogP contribution in [-0.4, -0.2) is 29.6 Å². The number of nitrogens with zero attached hydrogens (tertiary/aromatic N) is 1. The molecule has 5 nitrogen and oxygen atoms in total. The van der Waals surface area contributed by atoms with Crippen LogP contribution in [0.15, 0.2) is 18.2 Å². The molecule has 1 aromatic carbocycles. The Bertz CT molecular complexity index is 517. The van der Waals surface area contributed by atoms with Crippen molar-refractivity contribution in [3.63, 3.8) is 0 Å². The average Bonchev–Trinajstić information content (AvgIpc) is 2.36. The molecule has 1 heterocycles. The fourth-order valence-electron chi connectivity index (χ4n) is 2.12. The number of anilines is 1. The van der Waals surface area contributed by atoms with Crippen molar-refractivity contribution in [3.8, 4) is 5.75 Å². The number of hydrogen-bond acceptors (Lipinski definition) is 3. The number of benzene rings is 1. The van der Waals surface area contributed by atoms with E-state index in [1.807, 2.05) is 0 Å². The maximum atomic E-state index is 12.1. The van der Waals surface area contributed by atoms with Crippen LogP contribution in [0.1, 0.15) is 19.8 Å². The predicted octanol–water partition coefficient (Wildman–Crippen LogP) is 2.32. The first kappa shape index (κ1) is 13.7. The van der Waals surface area contributed by atoms with Gasteiger partial charge in [0.05, 0.1) is 18.2 Å². The number of carbonyl (C=O) groups excluding carboxylic acids is 1. The van der Waals surface area contributed by atoms with Gasteiger partial charge in [0.25, 0.3) is 0 Å². The smallest absolute Gasteiger partial charge is 0.305 e. The van der Waals surface area contributed by atoms with Crippen molar-refractivity contribution in [2.45, 2.75) is 25.8 Å². The van der Waals surface area contributed by atoms with Crippen molar-refractivity contribution in [2.24, 2.45) is 0 Å². The summed E-state index contributed by atoms with van der Waals surface area (Å²) in [5, 5.41) is 9.40. The molecule has 1 atom stereocenters. The largest absolute Gasteiger partial charge is 0.489 e. The number of halogens is 1. The number of fused-ring (bicyclic) bond motifs is 1. The highest BCUT2D eigenvalue weighted by atomic mass is 35.5. The summed E-state index contributed by atoms with van der Waals surface area (Å²) in [6.07, 6.45) is 0.139. The minimum Gasteiger partial charge on any atom is -0.489 e. The van der Waals surface area contributed by atoms with E-state index in [1.165, 1.54) is 4.90 Å². The third-order valence-corrected chi connectivity index (χ3v) is 3.19. The fraction of sp³-hybridized carbons (Fsp3) is 0.385. The van der Waals surface area contributed by atoms with E-state index in [4.69, 9.17) is 21.4 Å². The Labute approximate surface area is 115 Å². The van der Waals surface area contributed by atoms with Gasteiger partial charge in [0.2, 0.25) is 5.91 Å². The number of carbonyl (C=O) groups is 2. The van der Waals surface area contributed by atoms with Crippen LogP contribution in [0.25, 0.3) is 0 Å². The summed E-state index contributed by atoms with van der Waals surface area (Å²) in [6, 6.07) is 4.48. The average molecular weight is 284 g/mol. The molecular weight excluding hydrogens is 270 g/mol. The van der Waals surface area contributed by atoms with Crippen molar-refractivity contribution in [3.05, 3.63) is 23.2 Å². The topological polar surface area (TPSA) is 66.8 Å². The highest BCUT2D eigenvalue weighted by molar-refractivity contribution is 6.31. The molecule has 1 amide bonds. The molecule has 2 rings (SSSR count). The van der Waals surface area contributed by atoms with Gasteiger partial charge in [-0.3, -0.25) is 9.59 Å². The maximum Gasteiger partial charge on any atom is 0.305 e. The monoisotopic (exact) mass is 283 g/mol. The first-order valence-corrected chi connectivity index (χ1v) is 6.37. The van der Waals surface area contributed by atoms with Crippen LogP contribution in [0, 0.1) is 0 Å². The standard InChI is InChI=1S/C13H14ClNO4/c1-2-12(16)15-9(6-13(17)18)7-19-11-4-3-8(14)5-10(11)15/h3-5,9H,2,6-7H2,1H3,(H,17,18)/t9-/m0/s1. The molecule has 0 radical (unpaired) electrons.